The van der Waals surface area contributed by atoms with Gasteiger partial charge in [-0.1, -0.05) is 0 Å². The molecule has 2 amide bonds. The van der Waals surface area contributed by atoms with E-state index in [9.17, 15) is 4.79 Å². The minimum atomic E-state index is -0.308. The molecule has 32 heavy (non-hydrogen) atoms. The molecule has 3 heterocycles. The monoisotopic (exact) mass is 438 g/mol. The number of hydrogen-bond donors (Lipinski definition) is 2. The van der Waals surface area contributed by atoms with Crippen molar-refractivity contribution < 1.29 is 18.7 Å². The number of aromatic nitrogens is 3. The number of hydrogen-bond acceptors (Lipinski definition) is 8. The quantitative estimate of drug-likeness (QED) is 0.604. The number of piperidine rings is 1. The van der Waals surface area contributed by atoms with Crippen LogP contribution in [-0.2, 0) is 0 Å². The minimum absolute atomic E-state index is 0.123. The summed E-state index contributed by atoms with van der Waals surface area (Å²) in [6, 6.07) is 3.31. The van der Waals surface area contributed by atoms with Crippen molar-refractivity contribution in [3.05, 3.63) is 36.3 Å². The van der Waals surface area contributed by atoms with E-state index in [0.717, 1.165) is 25.9 Å². The lowest BCUT2D eigenvalue weighted by molar-refractivity contribution is 0.221. The molecular formula is C22H26N6O4. The Balaban J connectivity index is 1.65. The molecule has 168 valence electrons. The van der Waals surface area contributed by atoms with Gasteiger partial charge in [0.25, 0.3) is 0 Å². The molecule has 1 aliphatic heterocycles. The zero-order chi connectivity index (χ0) is 22.5. The van der Waals surface area contributed by atoms with Crippen LogP contribution in [0.15, 0.2) is 29.0 Å². The molecule has 0 spiro atoms. The summed E-state index contributed by atoms with van der Waals surface area (Å²) >= 11 is 0. The number of likely N-dealkylation sites (tertiary alicyclic amines) is 1. The van der Waals surface area contributed by atoms with Crippen LogP contribution in [0, 0.1) is 0 Å². The fourth-order valence-corrected chi connectivity index (χ4v) is 3.59. The first-order valence-corrected chi connectivity index (χ1v) is 10.3. The molecular weight excluding hydrogens is 412 g/mol. The number of nitrogens with zero attached hydrogens (tertiary/aromatic N) is 4. The Morgan fingerprint density at radius 1 is 1.16 bits per heavy atom. The molecule has 1 aromatic carbocycles. The van der Waals surface area contributed by atoms with Crippen molar-refractivity contribution in [3.8, 4) is 11.5 Å². The van der Waals surface area contributed by atoms with Gasteiger partial charge in [-0.25, -0.2) is 19.7 Å². The molecule has 1 saturated heterocycles. The van der Waals surface area contributed by atoms with Crippen molar-refractivity contribution in [2.45, 2.75) is 18.9 Å². The van der Waals surface area contributed by atoms with Crippen LogP contribution in [0.2, 0.25) is 0 Å². The average Bonchev–Trinajstić information content (AvgIpc) is 3.32. The van der Waals surface area contributed by atoms with Crippen LogP contribution >= 0.6 is 0 Å². The third kappa shape index (κ3) is 4.97. The Morgan fingerprint density at radius 3 is 2.59 bits per heavy atom. The van der Waals surface area contributed by atoms with Crippen LogP contribution in [0.25, 0.3) is 23.1 Å². The topological polar surface area (TPSA) is 115 Å². The summed E-state index contributed by atoms with van der Waals surface area (Å²) in [4.78, 5) is 28.2. The van der Waals surface area contributed by atoms with Gasteiger partial charge in [-0.05, 0) is 45.1 Å². The molecule has 0 unspecified atom stereocenters. The lowest BCUT2D eigenvalue weighted by Gasteiger charge is -2.29. The molecule has 2 N–H and O–H groups in total. The molecule has 0 radical (unpaired) electrons. The first kappa shape index (κ1) is 21.6. The molecule has 10 nitrogen and oxygen atoms in total. The van der Waals surface area contributed by atoms with Crippen LogP contribution in [0.4, 0.5) is 10.6 Å². The summed E-state index contributed by atoms with van der Waals surface area (Å²) in [5.74, 6) is 2.23. The number of nitrogens with one attached hydrogen (secondary N) is 2. The van der Waals surface area contributed by atoms with E-state index in [1.807, 2.05) is 0 Å². The maximum Gasteiger partial charge on any atom is 0.320 e. The van der Waals surface area contributed by atoms with Gasteiger partial charge in [-0.3, -0.25) is 5.32 Å². The summed E-state index contributed by atoms with van der Waals surface area (Å²) in [6.07, 6.45) is 8.18. The number of methoxy groups -OCH3 is 2. The smallest absolute Gasteiger partial charge is 0.320 e. The number of ether oxygens (including phenoxy) is 2. The normalized spacial score (nSPS) is 15.2. The third-order valence-corrected chi connectivity index (χ3v) is 5.33. The fourth-order valence-electron chi connectivity index (χ4n) is 3.59. The summed E-state index contributed by atoms with van der Waals surface area (Å²) in [5, 5.41) is 6.56. The molecule has 4 rings (SSSR count). The predicted molar refractivity (Wildman–Crippen MR) is 121 cm³/mol. The predicted octanol–water partition coefficient (Wildman–Crippen LogP) is 3.02. The van der Waals surface area contributed by atoms with Crippen molar-refractivity contribution in [3.63, 3.8) is 0 Å². The van der Waals surface area contributed by atoms with Crippen molar-refractivity contribution in [1.82, 2.24) is 25.2 Å². The number of carbonyl (C=O) groups is 1. The highest BCUT2D eigenvalue weighted by molar-refractivity contribution is 6.00. The van der Waals surface area contributed by atoms with E-state index >= 15 is 0 Å². The van der Waals surface area contributed by atoms with Gasteiger partial charge in [-0.2, -0.15) is 0 Å². The number of amides is 2. The molecule has 2 aromatic heterocycles. The fraction of sp³-hybridized carbons (Fsp3) is 0.364. The number of rotatable bonds is 6. The zero-order valence-electron chi connectivity index (χ0n) is 18.3. The van der Waals surface area contributed by atoms with Crippen molar-refractivity contribution in [2.24, 2.45) is 0 Å². The number of fused-ring (bicyclic) bond motifs is 1. The van der Waals surface area contributed by atoms with Gasteiger partial charge in [-0.15, -0.1) is 0 Å². The Bertz CT molecular complexity index is 1110. The van der Waals surface area contributed by atoms with E-state index in [1.165, 1.54) is 6.26 Å². The van der Waals surface area contributed by atoms with E-state index in [1.54, 1.807) is 44.7 Å². The van der Waals surface area contributed by atoms with Gasteiger partial charge >= 0.3 is 6.03 Å². The zero-order valence-corrected chi connectivity index (χ0v) is 18.3. The van der Waals surface area contributed by atoms with Gasteiger partial charge < -0.3 is 24.1 Å². The number of urea groups is 1. The highest BCUT2D eigenvalue weighted by Gasteiger charge is 2.20. The van der Waals surface area contributed by atoms with Crippen molar-refractivity contribution >= 4 is 34.9 Å². The van der Waals surface area contributed by atoms with Crippen LogP contribution in [0.5, 0.6) is 11.5 Å². The first-order chi connectivity index (χ1) is 15.6. The van der Waals surface area contributed by atoms with Crippen molar-refractivity contribution in [2.75, 3.05) is 39.7 Å². The van der Waals surface area contributed by atoms with Gasteiger partial charge in [0.1, 0.15) is 12.1 Å². The second-order valence-corrected chi connectivity index (χ2v) is 7.53. The molecule has 0 saturated carbocycles. The standard InChI is InChI=1S/C22H26N6O4/c1-28-9-6-14(7-10-28)24-22(29)27-21-15-12-17(30-2)18(31-3)13-16(15)25-19(26-21)4-5-20-23-8-11-32-20/h4-5,8,11-14H,6-7,9-10H2,1-3H3,(H2,24,25,26,27,29)/b5-4+. The van der Waals surface area contributed by atoms with Crippen LogP contribution in [-0.4, -0.2) is 66.3 Å². The molecule has 1 fully saturated rings. The Hall–Kier alpha value is -3.66. The lowest BCUT2D eigenvalue weighted by Crippen LogP contribution is -2.45. The third-order valence-electron chi connectivity index (χ3n) is 5.33. The van der Waals surface area contributed by atoms with Crippen molar-refractivity contribution in [1.29, 1.82) is 0 Å². The summed E-state index contributed by atoms with van der Waals surface area (Å²) < 4.78 is 16.0. The minimum Gasteiger partial charge on any atom is -0.493 e. The molecule has 3 aromatic rings. The van der Waals surface area contributed by atoms with E-state index in [0.29, 0.717) is 39.9 Å². The largest absolute Gasteiger partial charge is 0.493 e. The van der Waals surface area contributed by atoms with Gasteiger partial charge in [0, 0.05) is 23.6 Å². The number of benzene rings is 1. The van der Waals surface area contributed by atoms with Crippen LogP contribution in [0.1, 0.15) is 24.6 Å². The molecule has 10 heteroatoms. The van der Waals surface area contributed by atoms with Crippen LogP contribution < -0.4 is 20.1 Å². The summed E-state index contributed by atoms with van der Waals surface area (Å²) in [5.41, 5.74) is 0.597. The number of carbonyl (C=O) groups excluding carboxylic acids is 1. The lowest BCUT2D eigenvalue weighted by atomic mass is 10.1. The Morgan fingerprint density at radius 2 is 1.91 bits per heavy atom. The van der Waals surface area contributed by atoms with Gasteiger partial charge in [0.15, 0.2) is 17.3 Å². The highest BCUT2D eigenvalue weighted by Crippen LogP contribution is 2.34. The highest BCUT2D eigenvalue weighted by atomic mass is 16.5. The average molecular weight is 438 g/mol. The molecule has 0 aliphatic carbocycles. The number of oxazole rings is 1. The number of anilines is 1. The van der Waals surface area contributed by atoms with E-state index in [4.69, 9.17) is 13.9 Å². The first-order valence-electron chi connectivity index (χ1n) is 10.3. The molecule has 0 atom stereocenters. The second kappa shape index (κ2) is 9.65. The van der Waals surface area contributed by atoms with Gasteiger partial charge in [0.05, 0.1) is 25.9 Å². The van der Waals surface area contributed by atoms with Gasteiger partial charge in [0.2, 0.25) is 5.89 Å². The van der Waals surface area contributed by atoms with E-state index in [-0.39, 0.29) is 12.1 Å². The SMILES string of the molecule is COc1cc2nc(/C=C/c3ncco3)nc(NC(=O)NC3CCN(C)CC3)c2cc1OC. The molecule has 0 bridgehead atoms. The maximum absolute atomic E-state index is 12.7. The van der Waals surface area contributed by atoms with Crippen LogP contribution in [0.3, 0.4) is 0 Å². The Kier molecular flexibility index (Phi) is 6.50. The second-order valence-electron chi connectivity index (χ2n) is 7.53. The van der Waals surface area contributed by atoms with E-state index in [2.05, 4.69) is 37.5 Å². The maximum atomic E-state index is 12.7. The van der Waals surface area contributed by atoms with E-state index < -0.39 is 0 Å². The summed E-state index contributed by atoms with van der Waals surface area (Å²) in [7, 11) is 5.19. The Labute approximate surface area is 185 Å². The summed E-state index contributed by atoms with van der Waals surface area (Å²) in [6.45, 7) is 1.91. The molecule has 1 aliphatic rings.